The molecule has 0 spiro atoms. The second kappa shape index (κ2) is 8.05. The van der Waals surface area contributed by atoms with Gasteiger partial charge in [-0.05, 0) is 23.3 Å². The first-order valence-electron chi connectivity index (χ1n) is 6.53. The number of ether oxygens (including phenoxy) is 1. The van der Waals surface area contributed by atoms with Gasteiger partial charge in [-0.25, -0.2) is 8.78 Å². The Morgan fingerprint density at radius 2 is 1.67 bits per heavy atom. The molecule has 2 aromatic rings. The van der Waals surface area contributed by atoms with Gasteiger partial charge in [-0.1, -0.05) is 70.5 Å². The fourth-order valence-electron chi connectivity index (χ4n) is 1.78. The van der Waals surface area contributed by atoms with E-state index in [4.69, 9.17) is 4.74 Å². The summed E-state index contributed by atoms with van der Waals surface area (Å²) in [6, 6.07) is 16.7. The van der Waals surface area contributed by atoms with Crippen molar-refractivity contribution in [2.24, 2.45) is 0 Å². The molecular weight excluding hydrogens is 338 g/mol. The predicted molar refractivity (Wildman–Crippen MR) is 84.2 cm³/mol. The summed E-state index contributed by atoms with van der Waals surface area (Å²) >= 11 is 3.37. The summed E-state index contributed by atoms with van der Waals surface area (Å²) in [4.78, 5) is 0. The Hall–Kier alpha value is -1.52. The highest BCUT2D eigenvalue weighted by atomic mass is 79.9. The molecule has 0 saturated carbocycles. The highest BCUT2D eigenvalue weighted by Gasteiger charge is 2.18. The van der Waals surface area contributed by atoms with E-state index in [1.54, 1.807) is 6.08 Å². The number of alkyl halides is 2. The van der Waals surface area contributed by atoms with Crippen molar-refractivity contribution in [3.05, 3.63) is 76.3 Å². The summed E-state index contributed by atoms with van der Waals surface area (Å²) in [5.41, 5.74) is 1.71. The summed E-state index contributed by atoms with van der Waals surface area (Å²) in [6.45, 7) is 0.134. The lowest BCUT2D eigenvalue weighted by molar-refractivity contribution is -0.0362. The normalized spacial score (nSPS) is 13.0. The van der Waals surface area contributed by atoms with Crippen molar-refractivity contribution in [3.8, 4) is 0 Å². The molecule has 0 heterocycles. The molecule has 0 bridgehead atoms. The highest BCUT2D eigenvalue weighted by molar-refractivity contribution is 9.10. The molecule has 2 aromatic carbocycles. The van der Waals surface area contributed by atoms with Crippen LogP contribution in [0.15, 0.2) is 65.1 Å². The summed E-state index contributed by atoms with van der Waals surface area (Å²) in [7, 11) is 0. The topological polar surface area (TPSA) is 9.23 Å². The summed E-state index contributed by atoms with van der Waals surface area (Å²) in [5.74, 6) is 0. The van der Waals surface area contributed by atoms with Crippen molar-refractivity contribution >= 4 is 22.0 Å². The number of benzene rings is 2. The van der Waals surface area contributed by atoms with E-state index in [0.29, 0.717) is 0 Å². The maximum absolute atomic E-state index is 13.0. The van der Waals surface area contributed by atoms with Gasteiger partial charge in [0.25, 0.3) is 6.43 Å². The second-order valence-electron chi connectivity index (χ2n) is 4.47. The molecule has 0 N–H and O–H groups in total. The zero-order valence-corrected chi connectivity index (χ0v) is 12.8. The molecule has 0 aliphatic heterocycles. The summed E-state index contributed by atoms with van der Waals surface area (Å²) in [5, 5.41) is 0. The van der Waals surface area contributed by atoms with Crippen molar-refractivity contribution in [1.29, 1.82) is 0 Å². The lowest BCUT2D eigenvalue weighted by Crippen LogP contribution is -2.19. The van der Waals surface area contributed by atoms with Gasteiger partial charge in [0.1, 0.15) is 6.10 Å². The fraction of sp³-hybridized carbons (Fsp3) is 0.176. The lowest BCUT2D eigenvalue weighted by Gasteiger charge is -2.14. The molecule has 0 amide bonds. The van der Waals surface area contributed by atoms with Gasteiger partial charge in [0.2, 0.25) is 0 Å². The third-order valence-electron chi connectivity index (χ3n) is 2.92. The standard InChI is InChI=1S/C17H15BrF2O/c18-15-9-5-4-8-14(15)12-21-16(17(19)20)11-10-13-6-2-1-3-7-13/h1-11,16-17H,12H2/b11-10+. The van der Waals surface area contributed by atoms with Crippen LogP contribution in [0.3, 0.4) is 0 Å². The van der Waals surface area contributed by atoms with Gasteiger partial charge in [0.05, 0.1) is 6.61 Å². The smallest absolute Gasteiger partial charge is 0.267 e. The molecule has 0 fully saturated rings. The van der Waals surface area contributed by atoms with Crippen LogP contribution >= 0.6 is 15.9 Å². The molecule has 110 valence electrons. The minimum atomic E-state index is -2.56. The number of hydrogen-bond acceptors (Lipinski definition) is 1. The van der Waals surface area contributed by atoms with Gasteiger partial charge in [-0.2, -0.15) is 0 Å². The molecule has 0 aromatic heterocycles. The molecule has 1 unspecified atom stereocenters. The van der Waals surface area contributed by atoms with E-state index in [2.05, 4.69) is 15.9 Å². The van der Waals surface area contributed by atoms with Crippen molar-refractivity contribution in [3.63, 3.8) is 0 Å². The number of hydrogen-bond donors (Lipinski definition) is 0. The molecule has 2 rings (SSSR count). The van der Waals surface area contributed by atoms with E-state index in [0.717, 1.165) is 15.6 Å². The molecule has 0 aliphatic rings. The number of halogens is 3. The highest BCUT2D eigenvalue weighted by Crippen LogP contribution is 2.19. The van der Waals surface area contributed by atoms with Crippen molar-refractivity contribution in [1.82, 2.24) is 0 Å². The molecule has 4 heteroatoms. The summed E-state index contributed by atoms with van der Waals surface area (Å²) in [6.07, 6.45) is -0.738. The van der Waals surface area contributed by atoms with Gasteiger partial charge >= 0.3 is 0 Å². The van der Waals surface area contributed by atoms with Crippen LogP contribution in [0.2, 0.25) is 0 Å². The average molecular weight is 353 g/mol. The third-order valence-corrected chi connectivity index (χ3v) is 3.69. The van der Waals surface area contributed by atoms with E-state index in [1.807, 2.05) is 54.6 Å². The van der Waals surface area contributed by atoms with Crippen LogP contribution in [0.5, 0.6) is 0 Å². The van der Waals surface area contributed by atoms with Crippen LogP contribution in [0.4, 0.5) is 8.78 Å². The SMILES string of the molecule is FC(F)C(/C=C/c1ccccc1)OCc1ccccc1Br. The minimum Gasteiger partial charge on any atom is -0.363 e. The van der Waals surface area contributed by atoms with Gasteiger partial charge < -0.3 is 4.74 Å². The zero-order valence-electron chi connectivity index (χ0n) is 11.3. The van der Waals surface area contributed by atoms with Crippen molar-refractivity contribution < 1.29 is 13.5 Å². The number of rotatable bonds is 6. The maximum Gasteiger partial charge on any atom is 0.267 e. The van der Waals surface area contributed by atoms with Gasteiger partial charge in [0.15, 0.2) is 0 Å². The predicted octanol–water partition coefficient (Wildman–Crippen LogP) is 5.31. The van der Waals surface area contributed by atoms with Crippen LogP contribution in [0.1, 0.15) is 11.1 Å². The van der Waals surface area contributed by atoms with Crippen LogP contribution in [-0.4, -0.2) is 12.5 Å². The summed E-state index contributed by atoms with van der Waals surface area (Å²) < 4.78 is 32.2. The van der Waals surface area contributed by atoms with Gasteiger partial charge in [0, 0.05) is 4.47 Å². The van der Waals surface area contributed by atoms with Crippen molar-refractivity contribution in [2.45, 2.75) is 19.1 Å². The van der Waals surface area contributed by atoms with Gasteiger partial charge in [-0.15, -0.1) is 0 Å². The first-order valence-corrected chi connectivity index (χ1v) is 7.32. The minimum absolute atomic E-state index is 0.134. The van der Waals surface area contributed by atoms with Crippen LogP contribution < -0.4 is 0 Å². The zero-order chi connectivity index (χ0) is 15.1. The monoisotopic (exact) mass is 352 g/mol. The Balaban J connectivity index is 2.00. The Labute approximate surface area is 131 Å². The molecular formula is C17H15BrF2O. The largest absolute Gasteiger partial charge is 0.363 e. The lowest BCUT2D eigenvalue weighted by atomic mass is 10.2. The Morgan fingerprint density at radius 3 is 2.33 bits per heavy atom. The van der Waals surface area contributed by atoms with Gasteiger partial charge in [-0.3, -0.25) is 0 Å². The first kappa shape index (κ1) is 15.9. The third kappa shape index (κ3) is 5.06. The van der Waals surface area contributed by atoms with E-state index >= 15 is 0 Å². The molecule has 1 nitrogen and oxygen atoms in total. The molecule has 0 aliphatic carbocycles. The fourth-order valence-corrected chi connectivity index (χ4v) is 2.18. The molecule has 0 saturated heterocycles. The van der Waals surface area contributed by atoms with Crippen LogP contribution in [-0.2, 0) is 11.3 Å². The maximum atomic E-state index is 13.0. The van der Waals surface area contributed by atoms with E-state index in [-0.39, 0.29) is 6.61 Å². The van der Waals surface area contributed by atoms with Crippen molar-refractivity contribution in [2.75, 3.05) is 0 Å². The Morgan fingerprint density at radius 1 is 1.00 bits per heavy atom. The van der Waals surface area contributed by atoms with E-state index in [1.165, 1.54) is 6.08 Å². The average Bonchev–Trinajstić information content (AvgIpc) is 2.49. The Bertz CT molecular complexity index is 584. The Kier molecular flexibility index (Phi) is 6.08. The van der Waals surface area contributed by atoms with Crippen LogP contribution in [0, 0.1) is 0 Å². The quantitative estimate of drug-likeness (QED) is 0.684. The first-order chi connectivity index (χ1) is 10.2. The molecule has 0 radical (unpaired) electrons. The molecule has 21 heavy (non-hydrogen) atoms. The van der Waals surface area contributed by atoms with E-state index in [9.17, 15) is 8.78 Å². The second-order valence-corrected chi connectivity index (χ2v) is 5.33. The van der Waals surface area contributed by atoms with Crippen LogP contribution in [0.25, 0.3) is 6.08 Å². The van der Waals surface area contributed by atoms with E-state index < -0.39 is 12.5 Å². The molecule has 1 atom stereocenters.